The van der Waals surface area contributed by atoms with Crippen molar-refractivity contribution in [2.45, 2.75) is 24.8 Å². The maximum atomic E-state index is 14.0. The van der Waals surface area contributed by atoms with Gasteiger partial charge in [0.1, 0.15) is 11.6 Å². The summed E-state index contributed by atoms with van der Waals surface area (Å²) in [6, 6.07) is 7.56. The number of amides is 1. The van der Waals surface area contributed by atoms with Gasteiger partial charge in [0.25, 0.3) is 15.9 Å². The molecule has 1 N–H and O–H groups in total. The smallest absolute Gasteiger partial charge is 0.265 e. The lowest BCUT2D eigenvalue weighted by atomic mass is 10.2. The highest BCUT2D eigenvalue weighted by Crippen LogP contribution is 2.35. The van der Waals surface area contributed by atoms with Crippen molar-refractivity contribution in [2.75, 3.05) is 16.2 Å². The molecule has 4 rings (SSSR count). The van der Waals surface area contributed by atoms with E-state index in [-0.39, 0.29) is 40.3 Å². The Labute approximate surface area is 181 Å². The fourth-order valence-corrected chi connectivity index (χ4v) is 4.18. The van der Waals surface area contributed by atoms with Crippen LogP contribution in [0.1, 0.15) is 18.6 Å². The van der Waals surface area contributed by atoms with Crippen LogP contribution in [0, 0.1) is 5.82 Å². The minimum absolute atomic E-state index is 0.0264. The number of benzene rings is 2. The minimum Gasteiger partial charge on any atom is -0.482 e. The van der Waals surface area contributed by atoms with Crippen LogP contribution in [0.25, 0.3) is 0 Å². The minimum atomic E-state index is -4.17. The fraction of sp³-hybridized carbons (Fsp3) is 0.211. The number of hydrogen-bond donors (Lipinski definition) is 1. The number of carbonyl (C=O) groups is 1. The molecule has 2 aromatic carbocycles. The van der Waals surface area contributed by atoms with Gasteiger partial charge in [0.2, 0.25) is 5.89 Å². The molecule has 0 spiro atoms. The van der Waals surface area contributed by atoms with Crippen molar-refractivity contribution in [3.8, 4) is 5.75 Å². The Morgan fingerprint density at radius 3 is 2.77 bits per heavy atom. The number of fused-ring (bicyclic) bond motifs is 1. The summed E-state index contributed by atoms with van der Waals surface area (Å²) < 4.78 is 52.3. The quantitative estimate of drug-likeness (QED) is 0.593. The van der Waals surface area contributed by atoms with Crippen LogP contribution in [0.5, 0.6) is 5.75 Å². The van der Waals surface area contributed by atoms with Gasteiger partial charge in [0.15, 0.2) is 12.4 Å². The van der Waals surface area contributed by atoms with Crippen molar-refractivity contribution in [1.29, 1.82) is 0 Å². The number of sulfonamides is 1. The number of carbonyl (C=O) groups excluding carboxylic acids is 1. The molecule has 0 saturated heterocycles. The Morgan fingerprint density at radius 1 is 1.26 bits per heavy atom. The highest BCUT2D eigenvalue weighted by atomic mass is 35.5. The molecule has 0 unspecified atom stereocenters. The molecular formula is C19H16ClFN4O5S. The number of nitrogens with one attached hydrogen (secondary N) is 1. The van der Waals surface area contributed by atoms with E-state index in [1.54, 1.807) is 0 Å². The van der Waals surface area contributed by atoms with Gasteiger partial charge in [-0.25, -0.2) is 12.8 Å². The van der Waals surface area contributed by atoms with Crippen molar-refractivity contribution >= 4 is 38.9 Å². The molecule has 12 heteroatoms. The number of halogens is 2. The number of rotatable bonds is 6. The zero-order valence-electron chi connectivity index (χ0n) is 16.1. The Hall–Kier alpha value is -3.18. The second kappa shape index (κ2) is 8.16. The van der Waals surface area contributed by atoms with Crippen LogP contribution in [-0.2, 0) is 27.8 Å². The molecule has 0 saturated carbocycles. The molecule has 1 aliphatic rings. The van der Waals surface area contributed by atoms with Gasteiger partial charge in [0, 0.05) is 11.4 Å². The molecule has 0 aliphatic carbocycles. The topological polar surface area (TPSA) is 115 Å². The summed E-state index contributed by atoms with van der Waals surface area (Å²) >= 11 is 5.71. The van der Waals surface area contributed by atoms with E-state index in [1.807, 2.05) is 6.92 Å². The first-order valence-corrected chi connectivity index (χ1v) is 11.0. The van der Waals surface area contributed by atoms with E-state index in [0.29, 0.717) is 18.1 Å². The van der Waals surface area contributed by atoms with Gasteiger partial charge >= 0.3 is 0 Å². The van der Waals surface area contributed by atoms with Crippen LogP contribution < -0.4 is 14.4 Å². The molecule has 0 atom stereocenters. The molecule has 162 valence electrons. The van der Waals surface area contributed by atoms with Gasteiger partial charge in [-0.3, -0.25) is 14.4 Å². The number of hydrogen-bond acceptors (Lipinski definition) is 7. The fourth-order valence-electron chi connectivity index (χ4n) is 2.94. The van der Waals surface area contributed by atoms with Crippen LogP contribution in [-0.4, -0.2) is 31.1 Å². The lowest BCUT2D eigenvalue weighted by molar-refractivity contribution is -0.121. The van der Waals surface area contributed by atoms with Gasteiger partial charge in [-0.15, -0.1) is 0 Å². The highest BCUT2D eigenvalue weighted by molar-refractivity contribution is 7.92. The van der Waals surface area contributed by atoms with Crippen molar-refractivity contribution in [3.05, 3.63) is 59.0 Å². The third-order valence-electron chi connectivity index (χ3n) is 4.47. The summed E-state index contributed by atoms with van der Waals surface area (Å²) in [5, 5.41) is 3.96. The van der Waals surface area contributed by atoms with E-state index in [9.17, 15) is 17.6 Å². The van der Waals surface area contributed by atoms with Crippen LogP contribution in [0.2, 0.25) is 5.02 Å². The van der Waals surface area contributed by atoms with Gasteiger partial charge in [-0.2, -0.15) is 4.98 Å². The summed E-state index contributed by atoms with van der Waals surface area (Å²) in [6.07, 6.45) is 0.538. The molecule has 31 heavy (non-hydrogen) atoms. The molecule has 1 aromatic heterocycles. The van der Waals surface area contributed by atoms with E-state index in [4.69, 9.17) is 20.9 Å². The Balaban J connectivity index is 1.67. The molecule has 0 bridgehead atoms. The molecular weight excluding hydrogens is 451 g/mol. The molecule has 2 heterocycles. The van der Waals surface area contributed by atoms with Crippen LogP contribution in [0.3, 0.4) is 0 Å². The molecule has 9 nitrogen and oxygen atoms in total. The number of anilines is 2. The first-order chi connectivity index (χ1) is 14.8. The summed E-state index contributed by atoms with van der Waals surface area (Å²) in [4.78, 5) is 17.8. The van der Waals surface area contributed by atoms with E-state index >= 15 is 0 Å². The number of ether oxygens (including phenoxy) is 1. The Kier molecular flexibility index (Phi) is 5.54. The monoisotopic (exact) mass is 466 g/mol. The first-order valence-electron chi connectivity index (χ1n) is 9.13. The summed E-state index contributed by atoms with van der Waals surface area (Å²) in [7, 11) is -4.17. The number of nitrogens with zero attached hydrogens (tertiary/aromatic N) is 3. The highest BCUT2D eigenvalue weighted by Gasteiger charge is 2.29. The van der Waals surface area contributed by atoms with Gasteiger partial charge in [0.05, 0.1) is 22.8 Å². The van der Waals surface area contributed by atoms with Crippen LogP contribution in [0.15, 0.2) is 45.8 Å². The SMILES string of the molecule is CCc1nc(CN2C(=O)COc3ccc(S(=O)(=O)Nc4ccc(Cl)cc4F)cc32)no1. The second-order valence-corrected chi connectivity index (χ2v) is 8.70. The van der Waals surface area contributed by atoms with E-state index < -0.39 is 21.7 Å². The maximum absolute atomic E-state index is 14.0. The predicted octanol–water partition coefficient (Wildman–Crippen LogP) is 3.15. The third-order valence-corrected chi connectivity index (χ3v) is 6.07. The normalized spacial score (nSPS) is 13.6. The van der Waals surface area contributed by atoms with Crippen LogP contribution in [0.4, 0.5) is 15.8 Å². The predicted molar refractivity (Wildman–Crippen MR) is 109 cm³/mol. The zero-order valence-corrected chi connectivity index (χ0v) is 17.7. The molecule has 3 aromatic rings. The average molecular weight is 467 g/mol. The lowest BCUT2D eigenvalue weighted by Gasteiger charge is -2.28. The van der Waals surface area contributed by atoms with E-state index in [2.05, 4.69) is 14.9 Å². The maximum Gasteiger partial charge on any atom is 0.265 e. The molecule has 0 radical (unpaired) electrons. The van der Waals surface area contributed by atoms with E-state index in [1.165, 1.54) is 35.2 Å². The molecule has 0 fully saturated rings. The van der Waals surface area contributed by atoms with Crippen LogP contribution >= 0.6 is 11.6 Å². The van der Waals surface area contributed by atoms with Gasteiger partial charge < -0.3 is 9.26 Å². The van der Waals surface area contributed by atoms with Gasteiger partial charge in [-0.05, 0) is 36.4 Å². The largest absolute Gasteiger partial charge is 0.482 e. The number of aryl methyl sites for hydroxylation is 1. The summed E-state index contributed by atoms with van der Waals surface area (Å²) in [6.45, 7) is 1.60. The first kappa shape index (κ1) is 21.1. The van der Waals surface area contributed by atoms with Crippen molar-refractivity contribution in [3.63, 3.8) is 0 Å². The van der Waals surface area contributed by atoms with Crippen molar-refractivity contribution < 1.29 is 26.9 Å². The van der Waals surface area contributed by atoms with Gasteiger partial charge in [-0.1, -0.05) is 23.7 Å². The molecule has 1 aliphatic heterocycles. The van der Waals surface area contributed by atoms with Crippen molar-refractivity contribution in [2.24, 2.45) is 0 Å². The lowest BCUT2D eigenvalue weighted by Crippen LogP contribution is -2.38. The second-order valence-electron chi connectivity index (χ2n) is 6.59. The average Bonchev–Trinajstić information content (AvgIpc) is 3.19. The Bertz CT molecular complexity index is 1260. The van der Waals surface area contributed by atoms with Crippen molar-refractivity contribution in [1.82, 2.24) is 10.1 Å². The zero-order chi connectivity index (χ0) is 22.2. The summed E-state index contributed by atoms with van der Waals surface area (Å²) in [5.74, 6) is -0.218. The van der Waals surface area contributed by atoms with E-state index in [0.717, 1.165) is 6.07 Å². The summed E-state index contributed by atoms with van der Waals surface area (Å²) in [5.41, 5.74) is -0.0382. The standard InChI is InChI=1S/C19H16ClFN4O5S/c1-2-18-22-17(23-30-18)9-25-15-8-12(4-6-16(15)29-10-19(25)26)31(27,28)24-14-5-3-11(20)7-13(14)21/h3-8,24H,2,9-10H2,1H3. The third kappa shape index (κ3) is 4.32. The Morgan fingerprint density at radius 2 is 2.06 bits per heavy atom. The molecule has 1 amide bonds. The number of aromatic nitrogens is 2.